The van der Waals surface area contributed by atoms with Crippen LogP contribution in [0.15, 0.2) is 30.3 Å². The van der Waals surface area contributed by atoms with Crippen molar-refractivity contribution in [1.29, 1.82) is 0 Å². The van der Waals surface area contributed by atoms with Crippen LogP contribution >= 0.6 is 0 Å². The molecule has 28 heavy (non-hydrogen) atoms. The molecular formula is C20H29NO7. The second kappa shape index (κ2) is 10.5. The highest BCUT2D eigenvalue weighted by molar-refractivity contribution is 5.72. The lowest BCUT2D eigenvalue weighted by molar-refractivity contribution is -0.179. The maximum atomic E-state index is 11.4. The summed E-state index contributed by atoms with van der Waals surface area (Å²) in [6.07, 6.45) is 3.46. The molecule has 1 aromatic carbocycles. The fourth-order valence-corrected chi connectivity index (χ4v) is 3.81. The summed E-state index contributed by atoms with van der Waals surface area (Å²) in [6, 6.07) is 9.18. The number of ether oxygens (including phenoxy) is 1. The monoisotopic (exact) mass is 395 g/mol. The van der Waals surface area contributed by atoms with Gasteiger partial charge in [-0.1, -0.05) is 49.6 Å². The zero-order valence-corrected chi connectivity index (χ0v) is 15.9. The minimum Gasteiger partial charge on any atom is -0.480 e. The Bertz CT molecular complexity index is 617. The SMILES string of the molecule is O=C(O)CN(CC(=O)O)C[C@@H](O)OCC(O)(c1ccccc1)C1CCCCC1. The molecule has 0 heterocycles. The molecule has 0 aromatic heterocycles. The average Bonchev–Trinajstić information content (AvgIpc) is 2.66. The van der Waals surface area contributed by atoms with Crippen molar-refractivity contribution in [3.8, 4) is 0 Å². The molecule has 1 aliphatic rings. The number of carboxylic acid groups (broad SMARTS) is 2. The summed E-state index contributed by atoms with van der Waals surface area (Å²) in [7, 11) is 0. The van der Waals surface area contributed by atoms with Crippen LogP contribution in [0.25, 0.3) is 0 Å². The van der Waals surface area contributed by atoms with Crippen LogP contribution in [-0.4, -0.2) is 69.8 Å². The molecule has 0 radical (unpaired) electrons. The van der Waals surface area contributed by atoms with Crippen LogP contribution in [0, 0.1) is 5.92 Å². The zero-order chi connectivity index (χ0) is 20.6. The Morgan fingerprint density at radius 3 is 2.18 bits per heavy atom. The van der Waals surface area contributed by atoms with Crippen molar-refractivity contribution in [2.75, 3.05) is 26.2 Å². The van der Waals surface area contributed by atoms with Crippen molar-refractivity contribution in [2.45, 2.75) is 44.0 Å². The van der Waals surface area contributed by atoms with Crippen LogP contribution in [0.5, 0.6) is 0 Å². The molecule has 1 saturated carbocycles. The average molecular weight is 395 g/mol. The molecule has 0 bridgehead atoms. The Morgan fingerprint density at radius 1 is 1.07 bits per heavy atom. The van der Waals surface area contributed by atoms with Crippen LogP contribution in [0.4, 0.5) is 0 Å². The molecule has 2 rings (SSSR count). The van der Waals surface area contributed by atoms with Gasteiger partial charge in [0, 0.05) is 0 Å². The minimum absolute atomic E-state index is 0.00927. The molecule has 1 unspecified atom stereocenters. The molecular weight excluding hydrogens is 366 g/mol. The number of nitrogens with zero attached hydrogens (tertiary/aromatic N) is 1. The van der Waals surface area contributed by atoms with E-state index in [2.05, 4.69) is 0 Å². The Morgan fingerprint density at radius 2 is 1.64 bits per heavy atom. The highest BCUT2D eigenvalue weighted by Crippen LogP contribution is 2.39. The summed E-state index contributed by atoms with van der Waals surface area (Å²) in [5, 5.41) is 39.4. The second-order valence-electron chi connectivity index (χ2n) is 7.35. The van der Waals surface area contributed by atoms with Gasteiger partial charge < -0.3 is 25.2 Å². The van der Waals surface area contributed by atoms with Crippen molar-refractivity contribution in [2.24, 2.45) is 5.92 Å². The van der Waals surface area contributed by atoms with E-state index in [-0.39, 0.29) is 19.1 Å². The maximum absolute atomic E-state index is 11.4. The Balaban J connectivity index is 2.05. The van der Waals surface area contributed by atoms with Crippen molar-refractivity contribution in [3.63, 3.8) is 0 Å². The van der Waals surface area contributed by atoms with Crippen molar-refractivity contribution < 1.29 is 34.8 Å². The number of hydrogen-bond acceptors (Lipinski definition) is 6. The molecule has 1 aromatic rings. The van der Waals surface area contributed by atoms with Crippen LogP contribution in [0.2, 0.25) is 0 Å². The first-order valence-corrected chi connectivity index (χ1v) is 9.55. The highest BCUT2D eigenvalue weighted by atomic mass is 16.6. The third-order valence-corrected chi connectivity index (χ3v) is 5.18. The maximum Gasteiger partial charge on any atom is 0.317 e. The summed E-state index contributed by atoms with van der Waals surface area (Å²) in [5.74, 6) is -2.40. The first-order chi connectivity index (χ1) is 13.3. The van der Waals surface area contributed by atoms with Gasteiger partial charge in [0.25, 0.3) is 0 Å². The van der Waals surface area contributed by atoms with Gasteiger partial charge in [-0.2, -0.15) is 0 Å². The van der Waals surface area contributed by atoms with Gasteiger partial charge in [-0.15, -0.1) is 0 Å². The molecule has 1 aliphatic carbocycles. The number of carbonyl (C=O) groups is 2. The number of aliphatic carboxylic acids is 2. The Labute approximate surface area is 164 Å². The van der Waals surface area contributed by atoms with E-state index < -0.39 is 36.9 Å². The number of hydrogen-bond donors (Lipinski definition) is 4. The Hall–Kier alpha value is -2.00. The highest BCUT2D eigenvalue weighted by Gasteiger charge is 2.39. The molecule has 0 amide bonds. The largest absolute Gasteiger partial charge is 0.480 e. The van der Waals surface area contributed by atoms with E-state index in [4.69, 9.17) is 14.9 Å². The molecule has 8 heteroatoms. The topological polar surface area (TPSA) is 128 Å². The van der Waals surface area contributed by atoms with E-state index in [1.54, 1.807) is 0 Å². The van der Waals surface area contributed by atoms with E-state index in [0.717, 1.165) is 37.0 Å². The molecule has 0 spiro atoms. The number of benzene rings is 1. The van der Waals surface area contributed by atoms with Gasteiger partial charge in [-0.05, 0) is 24.3 Å². The van der Waals surface area contributed by atoms with E-state index in [9.17, 15) is 19.8 Å². The van der Waals surface area contributed by atoms with Crippen LogP contribution < -0.4 is 0 Å². The van der Waals surface area contributed by atoms with Crippen molar-refractivity contribution >= 4 is 11.9 Å². The predicted octanol–water partition coefficient (Wildman–Crippen LogP) is 1.26. The van der Waals surface area contributed by atoms with Gasteiger partial charge >= 0.3 is 11.9 Å². The normalized spacial score (nSPS) is 18.5. The van der Waals surface area contributed by atoms with Gasteiger partial charge in [0.2, 0.25) is 0 Å². The second-order valence-corrected chi connectivity index (χ2v) is 7.35. The number of aliphatic hydroxyl groups excluding tert-OH is 1. The third-order valence-electron chi connectivity index (χ3n) is 5.18. The van der Waals surface area contributed by atoms with E-state index in [0.29, 0.717) is 5.56 Å². The molecule has 0 aliphatic heterocycles. The molecule has 4 N–H and O–H groups in total. The summed E-state index contributed by atoms with van der Waals surface area (Å²) in [6.45, 7) is -1.50. The predicted molar refractivity (Wildman–Crippen MR) is 101 cm³/mol. The Kier molecular flexibility index (Phi) is 8.37. The van der Waals surface area contributed by atoms with Gasteiger partial charge in [0.05, 0.1) is 26.2 Å². The molecule has 0 saturated heterocycles. The number of carboxylic acids is 2. The van der Waals surface area contributed by atoms with E-state index >= 15 is 0 Å². The lowest BCUT2D eigenvalue weighted by atomic mass is 9.74. The van der Waals surface area contributed by atoms with E-state index in [1.165, 1.54) is 0 Å². The van der Waals surface area contributed by atoms with Gasteiger partial charge in [-0.25, -0.2) is 0 Å². The summed E-state index contributed by atoms with van der Waals surface area (Å²) < 4.78 is 5.49. The standard InChI is InChI=1S/C20H29NO7/c22-17(23)11-21(12-18(24)25)13-19(26)28-14-20(27,15-7-3-1-4-8-15)16-9-5-2-6-10-16/h1,3-4,7-8,16,19,26-27H,2,5-6,9-14H2,(H,22,23)(H,24,25)/t19-,20?/m0/s1. The van der Waals surface area contributed by atoms with Crippen LogP contribution in [0.3, 0.4) is 0 Å². The van der Waals surface area contributed by atoms with Crippen molar-refractivity contribution in [1.82, 2.24) is 4.90 Å². The number of aliphatic hydroxyl groups is 2. The summed E-state index contributed by atoms with van der Waals surface area (Å²) in [5.41, 5.74) is -0.561. The third kappa shape index (κ3) is 6.56. The molecule has 8 nitrogen and oxygen atoms in total. The van der Waals surface area contributed by atoms with Gasteiger partial charge in [-0.3, -0.25) is 14.5 Å². The number of rotatable bonds is 11. The summed E-state index contributed by atoms with van der Waals surface area (Å²) in [4.78, 5) is 22.8. The van der Waals surface area contributed by atoms with Crippen molar-refractivity contribution in [3.05, 3.63) is 35.9 Å². The smallest absolute Gasteiger partial charge is 0.317 e. The van der Waals surface area contributed by atoms with Gasteiger partial charge in [0.1, 0.15) is 5.60 Å². The molecule has 1 fully saturated rings. The lowest BCUT2D eigenvalue weighted by Gasteiger charge is -2.39. The first-order valence-electron chi connectivity index (χ1n) is 9.55. The molecule has 156 valence electrons. The first kappa shape index (κ1) is 22.3. The van der Waals surface area contributed by atoms with Crippen LogP contribution in [0.1, 0.15) is 37.7 Å². The minimum atomic E-state index is -1.42. The van der Waals surface area contributed by atoms with Crippen LogP contribution in [-0.2, 0) is 19.9 Å². The zero-order valence-electron chi connectivity index (χ0n) is 15.9. The summed E-state index contributed by atoms with van der Waals surface area (Å²) >= 11 is 0. The van der Waals surface area contributed by atoms with E-state index in [1.807, 2.05) is 30.3 Å². The fraction of sp³-hybridized carbons (Fsp3) is 0.600. The quantitative estimate of drug-likeness (QED) is 0.412. The van der Waals surface area contributed by atoms with Gasteiger partial charge in [0.15, 0.2) is 6.29 Å². The fourth-order valence-electron chi connectivity index (χ4n) is 3.81. The molecule has 2 atom stereocenters. The lowest BCUT2D eigenvalue weighted by Crippen LogP contribution is -2.45.